The molecule has 1 aliphatic rings. The Morgan fingerprint density at radius 3 is 2.80 bits per heavy atom. The lowest BCUT2D eigenvalue weighted by Gasteiger charge is -2.24. The van der Waals surface area contributed by atoms with Crippen LogP contribution in [0.2, 0.25) is 5.02 Å². The number of hydrogen-bond donors (Lipinski definition) is 1. The molecular formula is C22H21ClN6S. The van der Waals surface area contributed by atoms with Crippen molar-refractivity contribution in [3.05, 3.63) is 47.7 Å². The molecule has 0 saturated heterocycles. The molecule has 0 atom stereocenters. The van der Waals surface area contributed by atoms with E-state index in [0.29, 0.717) is 16.5 Å². The molecule has 0 spiro atoms. The summed E-state index contributed by atoms with van der Waals surface area (Å²) in [6, 6.07) is 9.75. The van der Waals surface area contributed by atoms with E-state index in [-0.39, 0.29) is 0 Å². The van der Waals surface area contributed by atoms with Gasteiger partial charge in [0.25, 0.3) is 0 Å². The zero-order valence-corrected chi connectivity index (χ0v) is 18.1. The highest BCUT2D eigenvalue weighted by Gasteiger charge is 2.22. The molecule has 0 bridgehead atoms. The monoisotopic (exact) mass is 436 g/mol. The molecule has 8 heteroatoms. The second-order valence-electron chi connectivity index (χ2n) is 7.63. The molecule has 0 radical (unpaired) electrons. The largest absolute Gasteiger partial charge is 0.381 e. The molecular weight excluding hydrogens is 416 g/mol. The van der Waals surface area contributed by atoms with Gasteiger partial charge >= 0.3 is 0 Å². The van der Waals surface area contributed by atoms with E-state index < -0.39 is 0 Å². The Hall–Kier alpha value is -2.64. The first-order chi connectivity index (χ1) is 14.6. The molecule has 1 aromatic carbocycles. The molecule has 3 heterocycles. The second kappa shape index (κ2) is 7.89. The number of hydrogen-bond acceptors (Lipinski definition) is 6. The van der Waals surface area contributed by atoms with E-state index in [1.807, 2.05) is 43.6 Å². The smallest absolute Gasteiger partial charge is 0.156 e. The van der Waals surface area contributed by atoms with Crippen LogP contribution < -0.4 is 5.73 Å². The quantitative estimate of drug-likeness (QED) is 0.432. The average Bonchev–Trinajstić information content (AvgIpc) is 3.14. The Balaban J connectivity index is 1.65. The van der Waals surface area contributed by atoms with Crippen LogP contribution in [0.4, 0.5) is 5.82 Å². The number of aromatic nitrogens is 5. The van der Waals surface area contributed by atoms with E-state index >= 15 is 0 Å². The Morgan fingerprint density at radius 1 is 1.20 bits per heavy atom. The maximum atomic E-state index is 6.55. The number of anilines is 1. The summed E-state index contributed by atoms with van der Waals surface area (Å²) in [6.45, 7) is 0. The minimum Gasteiger partial charge on any atom is -0.381 e. The highest BCUT2D eigenvalue weighted by Crippen LogP contribution is 2.38. The number of halogens is 1. The lowest BCUT2D eigenvalue weighted by molar-refractivity contribution is 0.353. The van der Waals surface area contributed by atoms with E-state index in [0.717, 1.165) is 44.6 Å². The zero-order chi connectivity index (χ0) is 20.7. The minimum atomic E-state index is 0.442. The SMILES string of the molecule is Cn1ccc(-c2nc(N)c(SCC3CCC3)nc2-c2cc(Cl)c3ncccc3c2)n1. The fourth-order valence-corrected chi connectivity index (χ4v) is 4.95. The van der Waals surface area contributed by atoms with Crippen molar-refractivity contribution in [3.63, 3.8) is 0 Å². The number of pyridine rings is 1. The number of thioether (sulfide) groups is 1. The van der Waals surface area contributed by atoms with Crippen molar-refractivity contribution in [2.45, 2.75) is 24.3 Å². The molecule has 1 aliphatic carbocycles. The number of benzene rings is 1. The predicted octanol–water partition coefficient (Wildman–Crippen LogP) is 5.22. The van der Waals surface area contributed by atoms with Crippen molar-refractivity contribution in [1.82, 2.24) is 24.7 Å². The summed E-state index contributed by atoms with van der Waals surface area (Å²) in [5.74, 6) is 2.21. The molecule has 1 fully saturated rings. The van der Waals surface area contributed by atoms with Crippen molar-refractivity contribution >= 4 is 40.1 Å². The van der Waals surface area contributed by atoms with Gasteiger partial charge in [-0.3, -0.25) is 9.67 Å². The summed E-state index contributed by atoms with van der Waals surface area (Å²) in [6.07, 6.45) is 7.51. The summed E-state index contributed by atoms with van der Waals surface area (Å²) in [7, 11) is 1.88. The predicted molar refractivity (Wildman–Crippen MR) is 122 cm³/mol. The topological polar surface area (TPSA) is 82.5 Å². The Kier molecular flexibility index (Phi) is 5.08. The molecule has 0 unspecified atom stereocenters. The van der Waals surface area contributed by atoms with E-state index in [9.17, 15) is 0 Å². The fraction of sp³-hybridized carbons (Fsp3) is 0.273. The molecule has 2 N–H and O–H groups in total. The van der Waals surface area contributed by atoms with Gasteiger partial charge in [0.1, 0.15) is 16.4 Å². The summed E-state index contributed by atoms with van der Waals surface area (Å²) in [5, 5.41) is 6.82. The van der Waals surface area contributed by atoms with Crippen LogP contribution in [0.5, 0.6) is 0 Å². The van der Waals surface area contributed by atoms with Gasteiger partial charge in [-0.25, -0.2) is 9.97 Å². The molecule has 3 aromatic heterocycles. The fourth-order valence-electron chi connectivity index (χ4n) is 3.60. The highest BCUT2D eigenvalue weighted by atomic mass is 35.5. The number of fused-ring (bicyclic) bond motifs is 1. The second-order valence-corrected chi connectivity index (χ2v) is 9.04. The van der Waals surface area contributed by atoms with E-state index in [4.69, 9.17) is 27.3 Å². The van der Waals surface area contributed by atoms with Crippen LogP contribution in [0.1, 0.15) is 19.3 Å². The molecule has 152 valence electrons. The first-order valence-electron chi connectivity index (χ1n) is 9.93. The summed E-state index contributed by atoms with van der Waals surface area (Å²) in [4.78, 5) is 14.1. The summed E-state index contributed by atoms with van der Waals surface area (Å²) < 4.78 is 1.74. The van der Waals surface area contributed by atoms with Crippen molar-refractivity contribution in [2.24, 2.45) is 13.0 Å². The maximum absolute atomic E-state index is 6.55. The third-order valence-corrected chi connectivity index (χ3v) is 6.96. The number of aryl methyl sites for hydroxylation is 1. The van der Waals surface area contributed by atoms with Gasteiger partial charge in [-0.05, 0) is 43.0 Å². The Morgan fingerprint density at radius 2 is 2.07 bits per heavy atom. The number of rotatable bonds is 5. The van der Waals surface area contributed by atoms with Crippen LogP contribution in [0, 0.1) is 5.92 Å². The Labute approximate surface area is 183 Å². The molecule has 0 amide bonds. The Bertz CT molecular complexity index is 1230. The van der Waals surface area contributed by atoms with Gasteiger partial charge in [0, 0.05) is 36.1 Å². The minimum absolute atomic E-state index is 0.442. The van der Waals surface area contributed by atoms with Crippen LogP contribution in [0.25, 0.3) is 33.5 Å². The van der Waals surface area contributed by atoms with E-state index in [1.54, 1.807) is 22.6 Å². The standard InChI is InChI=1S/C22H21ClN6S/c1-29-9-7-17(28-29)20-19(15-10-14-6-3-8-25-18(14)16(23)11-15)27-22(21(24)26-20)30-12-13-4-2-5-13/h3,6-11,13H,2,4-5,12H2,1H3,(H2,24,26). The number of nitrogens with zero attached hydrogens (tertiary/aromatic N) is 5. The van der Waals surface area contributed by atoms with Crippen LogP contribution in [-0.2, 0) is 7.05 Å². The molecule has 30 heavy (non-hydrogen) atoms. The molecule has 5 rings (SSSR count). The van der Waals surface area contributed by atoms with Gasteiger partial charge in [-0.2, -0.15) is 5.10 Å². The summed E-state index contributed by atoms with van der Waals surface area (Å²) in [5.41, 5.74) is 10.1. The zero-order valence-electron chi connectivity index (χ0n) is 16.5. The van der Waals surface area contributed by atoms with E-state index in [2.05, 4.69) is 10.1 Å². The lowest BCUT2D eigenvalue weighted by atomic mass is 9.87. The normalized spacial score (nSPS) is 14.2. The molecule has 4 aromatic rings. The van der Waals surface area contributed by atoms with Crippen molar-refractivity contribution in [1.29, 1.82) is 0 Å². The van der Waals surface area contributed by atoms with Crippen molar-refractivity contribution in [3.8, 4) is 22.6 Å². The highest BCUT2D eigenvalue weighted by molar-refractivity contribution is 7.99. The van der Waals surface area contributed by atoms with Crippen molar-refractivity contribution in [2.75, 3.05) is 11.5 Å². The van der Waals surface area contributed by atoms with Gasteiger partial charge in [0.15, 0.2) is 5.82 Å². The average molecular weight is 437 g/mol. The lowest BCUT2D eigenvalue weighted by Crippen LogP contribution is -2.13. The van der Waals surface area contributed by atoms with Gasteiger partial charge < -0.3 is 5.73 Å². The van der Waals surface area contributed by atoms with Crippen LogP contribution in [0.15, 0.2) is 47.8 Å². The van der Waals surface area contributed by atoms with Crippen molar-refractivity contribution < 1.29 is 0 Å². The van der Waals surface area contributed by atoms with Gasteiger partial charge in [-0.1, -0.05) is 24.1 Å². The molecule has 1 saturated carbocycles. The van der Waals surface area contributed by atoms with Crippen LogP contribution in [0.3, 0.4) is 0 Å². The number of nitrogens with two attached hydrogens (primary N) is 1. The number of nitrogen functional groups attached to an aromatic ring is 1. The third kappa shape index (κ3) is 3.63. The maximum Gasteiger partial charge on any atom is 0.156 e. The van der Waals surface area contributed by atoms with Gasteiger partial charge in [0.05, 0.1) is 16.2 Å². The third-order valence-electron chi connectivity index (χ3n) is 5.46. The molecule has 6 nitrogen and oxygen atoms in total. The van der Waals surface area contributed by atoms with Gasteiger partial charge in [-0.15, -0.1) is 11.8 Å². The van der Waals surface area contributed by atoms with Gasteiger partial charge in [0.2, 0.25) is 0 Å². The van der Waals surface area contributed by atoms with Crippen LogP contribution in [-0.4, -0.2) is 30.5 Å². The summed E-state index contributed by atoms with van der Waals surface area (Å²) >= 11 is 8.24. The first-order valence-corrected chi connectivity index (χ1v) is 11.3. The van der Waals surface area contributed by atoms with E-state index in [1.165, 1.54) is 19.3 Å². The van der Waals surface area contributed by atoms with Crippen LogP contribution >= 0.6 is 23.4 Å². The molecule has 0 aliphatic heterocycles. The first kappa shape index (κ1) is 19.3.